The van der Waals surface area contributed by atoms with Crippen LogP contribution < -0.4 is 5.32 Å². The van der Waals surface area contributed by atoms with Crippen molar-refractivity contribution in [3.8, 4) is 0 Å². The third-order valence-corrected chi connectivity index (χ3v) is 4.69. The van der Waals surface area contributed by atoms with Crippen molar-refractivity contribution in [3.05, 3.63) is 29.3 Å². The predicted molar refractivity (Wildman–Crippen MR) is 83.4 cm³/mol. The quantitative estimate of drug-likeness (QED) is 0.617. The van der Waals surface area contributed by atoms with E-state index in [9.17, 15) is 4.79 Å². The Morgan fingerprint density at radius 3 is 2.90 bits per heavy atom. The lowest BCUT2D eigenvalue weighted by Gasteiger charge is -2.28. The number of halogens is 1. The molecule has 1 atom stereocenters. The van der Waals surface area contributed by atoms with Crippen LogP contribution in [-0.2, 0) is 9.53 Å². The van der Waals surface area contributed by atoms with E-state index in [-0.39, 0.29) is 5.97 Å². The van der Waals surface area contributed by atoms with Gasteiger partial charge in [-0.25, -0.2) is 0 Å². The molecule has 110 valence electrons. The highest BCUT2D eigenvalue weighted by atomic mass is 35.5. The van der Waals surface area contributed by atoms with Crippen LogP contribution in [0, 0.1) is 0 Å². The minimum absolute atomic E-state index is 0.179. The monoisotopic (exact) mass is 313 g/mol. The van der Waals surface area contributed by atoms with Crippen molar-refractivity contribution in [2.45, 2.75) is 43.2 Å². The van der Waals surface area contributed by atoms with E-state index in [0.717, 1.165) is 17.7 Å². The number of hydrogen-bond donors (Lipinski definition) is 1. The smallest absolute Gasteiger partial charge is 0.326 e. The van der Waals surface area contributed by atoms with Crippen molar-refractivity contribution >= 4 is 29.3 Å². The highest BCUT2D eigenvalue weighted by Crippen LogP contribution is 2.29. The van der Waals surface area contributed by atoms with E-state index in [0.29, 0.717) is 23.4 Å². The van der Waals surface area contributed by atoms with Gasteiger partial charge in [0.1, 0.15) is 5.54 Å². The Balaban J connectivity index is 2.01. The average molecular weight is 314 g/mol. The maximum absolute atomic E-state index is 12.2. The van der Waals surface area contributed by atoms with Gasteiger partial charge in [-0.15, -0.1) is 11.8 Å². The molecule has 2 rings (SSSR count). The first-order chi connectivity index (χ1) is 9.53. The van der Waals surface area contributed by atoms with Crippen LogP contribution in [0.15, 0.2) is 29.2 Å². The molecule has 0 aromatic heterocycles. The van der Waals surface area contributed by atoms with Gasteiger partial charge in [0.25, 0.3) is 0 Å². The van der Waals surface area contributed by atoms with Gasteiger partial charge >= 0.3 is 5.97 Å². The summed E-state index contributed by atoms with van der Waals surface area (Å²) in [5.74, 6) is 0.448. The number of carbonyl (C=O) groups excluding carboxylic acids is 1. The van der Waals surface area contributed by atoms with E-state index >= 15 is 0 Å². The largest absolute Gasteiger partial charge is 0.465 e. The molecule has 3 nitrogen and oxygen atoms in total. The number of hydrogen-bond acceptors (Lipinski definition) is 4. The molecule has 0 aliphatic heterocycles. The Labute approximate surface area is 129 Å². The summed E-state index contributed by atoms with van der Waals surface area (Å²) in [6.07, 6.45) is 2.27. The summed E-state index contributed by atoms with van der Waals surface area (Å²) in [6.45, 7) is 4.16. The number of nitrogens with one attached hydrogen (secondary N) is 1. The fraction of sp³-hybridized carbons (Fsp3) is 0.533. The van der Waals surface area contributed by atoms with Crippen molar-refractivity contribution in [1.29, 1.82) is 0 Å². The maximum Gasteiger partial charge on any atom is 0.326 e. The Morgan fingerprint density at radius 1 is 1.55 bits per heavy atom. The molecule has 1 fully saturated rings. The summed E-state index contributed by atoms with van der Waals surface area (Å²) < 4.78 is 5.21. The summed E-state index contributed by atoms with van der Waals surface area (Å²) in [6, 6.07) is 8.12. The predicted octanol–water partition coefficient (Wildman–Crippen LogP) is 3.51. The van der Waals surface area contributed by atoms with E-state index in [1.165, 1.54) is 0 Å². The second-order valence-electron chi connectivity index (χ2n) is 5.22. The summed E-state index contributed by atoms with van der Waals surface area (Å²) in [4.78, 5) is 13.3. The summed E-state index contributed by atoms with van der Waals surface area (Å²) in [7, 11) is 0. The van der Waals surface area contributed by atoms with Gasteiger partial charge < -0.3 is 4.74 Å². The first-order valence-corrected chi connectivity index (χ1v) is 8.23. The van der Waals surface area contributed by atoms with Gasteiger partial charge in [-0.3, -0.25) is 10.1 Å². The van der Waals surface area contributed by atoms with Crippen molar-refractivity contribution in [1.82, 2.24) is 5.32 Å². The third-order valence-electron chi connectivity index (χ3n) is 3.15. The molecule has 0 amide bonds. The van der Waals surface area contributed by atoms with Gasteiger partial charge in [0.05, 0.1) is 6.61 Å². The van der Waals surface area contributed by atoms with Crippen molar-refractivity contribution in [2.24, 2.45) is 0 Å². The summed E-state index contributed by atoms with van der Waals surface area (Å²) in [5, 5.41) is 4.12. The Bertz CT molecular complexity index is 479. The van der Waals surface area contributed by atoms with E-state index in [2.05, 4.69) is 5.32 Å². The molecule has 0 saturated heterocycles. The topological polar surface area (TPSA) is 38.3 Å². The zero-order valence-corrected chi connectivity index (χ0v) is 13.4. The van der Waals surface area contributed by atoms with Crippen LogP contribution in [0.5, 0.6) is 0 Å². The summed E-state index contributed by atoms with van der Waals surface area (Å²) >= 11 is 7.60. The molecular weight excluding hydrogens is 294 g/mol. The van der Waals surface area contributed by atoms with Gasteiger partial charge in [-0.1, -0.05) is 17.7 Å². The lowest BCUT2D eigenvalue weighted by Crippen LogP contribution is -2.53. The lowest BCUT2D eigenvalue weighted by atomic mass is 10.1. The number of rotatable bonds is 7. The van der Waals surface area contributed by atoms with Gasteiger partial charge in [-0.2, -0.15) is 0 Å². The molecule has 1 aromatic carbocycles. The molecule has 5 heteroatoms. The first-order valence-electron chi connectivity index (χ1n) is 6.87. The van der Waals surface area contributed by atoms with Crippen LogP contribution in [0.2, 0.25) is 5.02 Å². The van der Waals surface area contributed by atoms with Crippen LogP contribution in [-0.4, -0.2) is 29.9 Å². The number of thioether (sulfide) groups is 1. The zero-order chi connectivity index (χ0) is 14.6. The van der Waals surface area contributed by atoms with Crippen LogP contribution in [0.1, 0.15) is 26.7 Å². The SMILES string of the molecule is CCOC(=O)C(C)(CSc1cccc(Cl)c1)NC1CC1. The molecule has 1 aliphatic carbocycles. The molecule has 1 unspecified atom stereocenters. The molecule has 0 heterocycles. The zero-order valence-electron chi connectivity index (χ0n) is 11.8. The minimum atomic E-state index is -0.649. The molecule has 20 heavy (non-hydrogen) atoms. The van der Waals surface area contributed by atoms with Crippen LogP contribution >= 0.6 is 23.4 Å². The molecule has 0 bridgehead atoms. The van der Waals surface area contributed by atoms with Crippen LogP contribution in [0.3, 0.4) is 0 Å². The fourth-order valence-electron chi connectivity index (χ4n) is 1.91. The molecule has 1 N–H and O–H groups in total. The molecular formula is C15H20ClNO2S. The standard InChI is InChI=1S/C15H20ClNO2S/c1-3-19-14(18)15(2,17-12-7-8-12)10-20-13-6-4-5-11(16)9-13/h4-6,9,12,17H,3,7-8,10H2,1-2H3. The third kappa shape index (κ3) is 4.40. The molecule has 0 spiro atoms. The molecule has 0 radical (unpaired) electrons. The Morgan fingerprint density at radius 2 is 2.30 bits per heavy atom. The second kappa shape index (κ2) is 6.83. The summed E-state index contributed by atoms with van der Waals surface area (Å²) in [5.41, 5.74) is -0.649. The van der Waals surface area contributed by atoms with Gasteiger partial charge in [0.15, 0.2) is 0 Å². The second-order valence-corrected chi connectivity index (χ2v) is 6.70. The normalized spacial score (nSPS) is 17.6. The van der Waals surface area contributed by atoms with Gasteiger partial charge in [0.2, 0.25) is 0 Å². The van der Waals surface area contributed by atoms with Crippen molar-refractivity contribution in [3.63, 3.8) is 0 Å². The van der Waals surface area contributed by atoms with E-state index in [1.54, 1.807) is 11.8 Å². The minimum Gasteiger partial charge on any atom is -0.465 e. The lowest BCUT2D eigenvalue weighted by molar-refractivity contribution is -0.149. The number of esters is 1. The van der Waals surface area contributed by atoms with Crippen LogP contribution in [0.4, 0.5) is 0 Å². The highest BCUT2D eigenvalue weighted by Gasteiger charge is 2.39. The van der Waals surface area contributed by atoms with Crippen molar-refractivity contribution in [2.75, 3.05) is 12.4 Å². The maximum atomic E-state index is 12.2. The van der Waals surface area contributed by atoms with Crippen molar-refractivity contribution < 1.29 is 9.53 Å². The van der Waals surface area contributed by atoms with E-state index in [4.69, 9.17) is 16.3 Å². The Hall–Kier alpha value is -0.710. The number of benzene rings is 1. The number of ether oxygens (including phenoxy) is 1. The average Bonchev–Trinajstić information content (AvgIpc) is 3.21. The van der Waals surface area contributed by atoms with Gasteiger partial charge in [0, 0.05) is 21.7 Å². The molecule has 1 aromatic rings. The Kier molecular flexibility index (Phi) is 5.35. The molecule has 1 aliphatic rings. The number of carbonyl (C=O) groups is 1. The fourth-order valence-corrected chi connectivity index (χ4v) is 3.21. The highest BCUT2D eigenvalue weighted by molar-refractivity contribution is 7.99. The molecule has 1 saturated carbocycles. The van der Waals surface area contributed by atoms with E-state index in [1.807, 2.05) is 38.1 Å². The van der Waals surface area contributed by atoms with Crippen LogP contribution in [0.25, 0.3) is 0 Å². The first kappa shape index (κ1) is 15.7. The van der Waals surface area contributed by atoms with Gasteiger partial charge in [-0.05, 0) is 44.9 Å². The van der Waals surface area contributed by atoms with E-state index < -0.39 is 5.54 Å².